The van der Waals surface area contributed by atoms with Gasteiger partial charge in [0.1, 0.15) is 11.6 Å². The van der Waals surface area contributed by atoms with Crippen molar-refractivity contribution >= 4 is 33.5 Å². The number of rotatable bonds is 5. The smallest absolute Gasteiger partial charge is 0.223 e. The molecule has 0 saturated heterocycles. The van der Waals surface area contributed by atoms with Gasteiger partial charge in [0.15, 0.2) is 0 Å². The second-order valence-corrected chi connectivity index (χ2v) is 4.93. The van der Waals surface area contributed by atoms with E-state index in [1.165, 1.54) is 0 Å². The predicted molar refractivity (Wildman–Crippen MR) is 82.1 cm³/mol. The third-order valence-corrected chi connectivity index (χ3v) is 2.96. The van der Waals surface area contributed by atoms with E-state index >= 15 is 0 Å². The first kappa shape index (κ1) is 13.6. The third-order valence-electron chi connectivity index (χ3n) is 2.46. The van der Waals surface area contributed by atoms with E-state index in [9.17, 15) is 0 Å². The molecule has 1 heterocycles. The van der Waals surface area contributed by atoms with Gasteiger partial charge in [-0.1, -0.05) is 28.1 Å². The molecule has 0 radical (unpaired) electrons. The average molecular weight is 322 g/mol. The van der Waals surface area contributed by atoms with E-state index in [0.717, 1.165) is 22.4 Å². The Labute approximate surface area is 120 Å². The second kappa shape index (κ2) is 6.38. The van der Waals surface area contributed by atoms with Crippen molar-refractivity contribution in [1.82, 2.24) is 9.97 Å². The van der Waals surface area contributed by atoms with Crippen molar-refractivity contribution in [3.8, 4) is 0 Å². The Kier molecular flexibility index (Phi) is 4.57. The summed E-state index contributed by atoms with van der Waals surface area (Å²) >= 11 is 3.45. The minimum absolute atomic E-state index is 0.259. The molecule has 4 N–H and O–H groups in total. The zero-order chi connectivity index (χ0) is 13.7. The Morgan fingerprint density at radius 1 is 1.16 bits per heavy atom. The number of halogens is 1. The number of aromatic nitrogens is 2. The van der Waals surface area contributed by atoms with Gasteiger partial charge in [-0.15, -0.1) is 0 Å². The summed E-state index contributed by atoms with van der Waals surface area (Å²) in [6.07, 6.45) is 0. The van der Waals surface area contributed by atoms with Gasteiger partial charge < -0.3 is 16.4 Å². The van der Waals surface area contributed by atoms with Crippen LogP contribution in [0, 0.1) is 0 Å². The highest BCUT2D eigenvalue weighted by Crippen LogP contribution is 2.15. The molecule has 100 valence electrons. The summed E-state index contributed by atoms with van der Waals surface area (Å²) in [6, 6.07) is 9.95. The molecule has 19 heavy (non-hydrogen) atoms. The SMILES string of the molecule is CCNc1cc(NCc2cccc(Br)c2)nc(N)n1. The molecular weight excluding hydrogens is 306 g/mol. The minimum atomic E-state index is 0.259. The number of anilines is 3. The quantitative estimate of drug-likeness (QED) is 0.789. The van der Waals surface area contributed by atoms with Crippen LogP contribution in [-0.2, 0) is 6.54 Å². The van der Waals surface area contributed by atoms with E-state index in [0.29, 0.717) is 12.4 Å². The molecule has 2 rings (SSSR count). The molecule has 6 heteroatoms. The Balaban J connectivity index is 2.06. The number of benzene rings is 1. The van der Waals surface area contributed by atoms with Crippen LogP contribution in [0.15, 0.2) is 34.8 Å². The van der Waals surface area contributed by atoms with Crippen LogP contribution in [0.5, 0.6) is 0 Å². The fourth-order valence-electron chi connectivity index (χ4n) is 1.67. The summed E-state index contributed by atoms with van der Waals surface area (Å²) in [5.41, 5.74) is 6.84. The first-order valence-electron chi connectivity index (χ1n) is 6.04. The van der Waals surface area contributed by atoms with Gasteiger partial charge in [-0.3, -0.25) is 0 Å². The molecule has 0 unspecified atom stereocenters. The van der Waals surface area contributed by atoms with Crippen molar-refractivity contribution in [2.45, 2.75) is 13.5 Å². The average Bonchev–Trinajstić information content (AvgIpc) is 2.36. The van der Waals surface area contributed by atoms with Crippen molar-refractivity contribution in [3.05, 3.63) is 40.4 Å². The standard InChI is InChI=1S/C13H16BrN5/c1-2-16-11-7-12(19-13(15)18-11)17-8-9-4-3-5-10(14)6-9/h3-7H,2,8H2,1H3,(H4,15,16,17,18,19). The van der Waals surface area contributed by atoms with Gasteiger partial charge in [0.05, 0.1) is 0 Å². The molecule has 0 aliphatic carbocycles. The van der Waals surface area contributed by atoms with Crippen LogP contribution in [0.25, 0.3) is 0 Å². The summed E-state index contributed by atoms with van der Waals surface area (Å²) in [4.78, 5) is 8.26. The monoisotopic (exact) mass is 321 g/mol. The zero-order valence-electron chi connectivity index (χ0n) is 10.7. The number of nitrogens with zero attached hydrogens (tertiary/aromatic N) is 2. The van der Waals surface area contributed by atoms with Crippen LogP contribution in [0.3, 0.4) is 0 Å². The summed E-state index contributed by atoms with van der Waals surface area (Å²) in [7, 11) is 0. The highest BCUT2D eigenvalue weighted by atomic mass is 79.9. The highest BCUT2D eigenvalue weighted by Gasteiger charge is 2.02. The minimum Gasteiger partial charge on any atom is -0.370 e. The molecular formula is C13H16BrN5. The van der Waals surface area contributed by atoms with Crippen LogP contribution in [0.1, 0.15) is 12.5 Å². The molecule has 1 aromatic heterocycles. The van der Waals surface area contributed by atoms with Gasteiger partial charge in [0.25, 0.3) is 0 Å². The van der Waals surface area contributed by atoms with Gasteiger partial charge >= 0.3 is 0 Å². The van der Waals surface area contributed by atoms with Crippen molar-refractivity contribution in [2.24, 2.45) is 0 Å². The topological polar surface area (TPSA) is 75.9 Å². The van der Waals surface area contributed by atoms with Crippen LogP contribution in [-0.4, -0.2) is 16.5 Å². The lowest BCUT2D eigenvalue weighted by atomic mass is 10.2. The maximum absolute atomic E-state index is 5.67. The molecule has 0 aliphatic heterocycles. The van der Waals surface area contributed by atoms with Crippen LogP contribution >= 0.6 is 15.9 Å². The van der Waals surface area contributed by atoms with Crippen LogP contribution in [0.2, 0.25) is 0 Å². The molecule has 2 aromatic rings. The van der Waals surface area contributed by atoms with Crippen LogP contribution < -0.4 is 16.4 Å². The van der Waals surface area contributed by atoms with E-state index < -0.39 is 0 Å². The Morgan fingerprint density at radius 2 is 1.89 bits per heavy atom. The van der Waals surface area contributed by atoms with Crippen molar-refractivity contribution < 1.29 is 0 Å². The largest absolute Gasteiger partial charge is 0.370 e. The summed E-state index contributed by atoms with van der Waals surface area (Å²) in [5.74, 6) is 1.70. The summed E-state index contributed by atoms with van der Waals surface area (Å²) in [6.45, 7) is 3.48. The molecule has 0 atom stereocenters. The van der Waals surface area contributed by atoms with E-state index in [-0.39, 0.29) is 5.95 Å². The van der Waals surface area contributed by atoms with Gasteiger partial charge in [-0.05, 0) is 24.6 Å². The molecule has 0 aliphatic rings. The Bertz CT molecular complexity index is 558. The molecule has 0 fully saturated rings. The van der Waals surface area contributed by atoms with Crippen molar-refractivity contribution in [3.63, 3.8) is 0 Å². The van der Waals surface area contributed by atoms with Crippen LogP contribution in [0.4, 0.5) is 17.6 Å². The van der Waals surface area contributed by atoms with Gasteiger partial charge in [-0.25, -0.2) is 0 Å². The van der Waals surface area contributed by atoms with E-state index in [4.69, 9.17) is 5.73 Å². The van der Waals surface area contributed by atoms with Gasteiger partial charge in [0.2, 0.25) is 5.95 Å². The third kappa shape index (κ3) is 4.10. The summed E-state index contributed by atoms with van der Waals surface area (Å²) < 4.78 is 1.06. The number of nitrogens with one attached hydrogen (secondary N) is 2. The van der Waals surface area contributed by atoms with E-state index in [2.05, 4.69) is 42.6 Å². The lowest BCUT2D eigenvalue weighted by Crippen LogP contribution is -2.07. The molecule has 0 bridgehead atoms. The Morgan fingerprint density at radius 3 is 2.58 bits per heavy atom. The number of nitrogens with two attached hydrogens (primary N) is 1. The number of nitrogen functional groups attached to an aromatic ring is 1. The normalized spacial score (nSPS) is 10.2. The van der Waals surface area contributed by atoms with Crippen molar-refractivity contribution in [1.29, 1.82) is 0 Å². The first-order valence-corrected chi connectivity index (χ1v) is 6.83. The first-order chi connectivity index (χ1) is 9.17. The molecule has 0 amide bonds. The fourth-order valence-corrected chi connectivity index (χ4v) is 2.11. The maximum atomic E-state index is 5.67. The fraction of sp³-hybridized carbons (Fsp3) is 0.231. The molecule has 5 nitrogen and oxygen atoms in total. The lowest BCUT2D eigenvalue weighted by molar-refractivity contribution is 1.07. The number of hydrogen-bond acceptors (Lipinski definition) is 5. The number of hydrogen-bond donors (Lipinski definition) is 3. The molecule has 1 aromatic carbocycles. The highest BCUT2D eigenvalue weighted by molar-refractivity contribution is 9.10. The van der Waals surface area contributed by atoms with Gasteiger partial charge in [-0.2, -0.15) is 9.97 Å². The molecule has 0 spiro atoms. The maximum Gasteiger partial charge on any atom is 0.223 e. The second-order valence-electron chi connectivity index (χ2n) is 4.01. The Hall–Kier alpha value is -1.82. The lowest BCUT2D eigenvalue weighted by Gasteiger charge is -2.09. The van der Waals surface area contributed by atoms with E-state index in [1.54, 1.807) is 0 Å². The summed E-state index contributed by atoms with van der Waals surface area (Å²) in [5, 5.41) is 6.35. The zero-order valence-corrected chi connectivity index (χ0v) is 12.2. The predicted octanol–water partition coefficient (Wildman–Crippen LogP) is 2.87. The van der Waals surface area contributed by atoms with E-state index in [1.807, 2.05) is 31.2 Å². The van der Waals surface area contributed by atoms with Crippen molar-refractivity contribution in [2.75, 3.05) is 22.9 Å². The van der Waals surface area contributed by atoms with Gasteiger partial charge in [0, 0.05) is 23.6 Å². The molecule has 0 saturated carbocycles.